The van der Waals surface area contributed by atoms with Crippen molar-refractivity contribution in [3.05, 3.63) is 11.7 Å². The highest BCUT2D eigenvalue weighted by Crippen LogP contribution is 2.25. The molecule has 0 aliphatic heterocycles. The first-order valence-electron chi connectivity index (χ1n) is 5.98. The molecule has 0 bridgehead atoms. The van der Waals surface area contributed by atoms with Crippen molar-refractivity contribution in [1.29, 1.82) is 0 Å². The van der Waals surface area contributed by atoms with Gasteiger partial charge in [0.25, 0.3) is 0 Å². The standard InChI is InChI=1S/C11H20N4O.ClH/c1-15(7-9-4-2-3-5-9)8-10-13-11(6-12)16-14-10;/h9H,2-8,12H2,1H3;1H. The third kappa shape index (κ3) is 4.26. The van der Waals surface area contributed by atoms with Crippen molar-refractivity contribution < 1.29 is 4.52 Å². The molecule has 1 heterocycles. The molecule has 2 N–H and O–H groups in total. The number of nitrogens with two attached hydrogens (primary N) is 1. The van der Waals surface area contributed by atoms with Crippen LogP contribution in [0.2, 0.25) is 0 Å². The summed E-state index contributed by atoms with van der Waals surface area (Å²) in [5.41, 5.74) is 5.42. The first-order valence-corrected chi connectivity index (χ1v) is 5.98. The second kappa shape index (κ2) is 6.93. The van der Waals surface area contributed by atoms with E-state index in [9.17, 15) is 0 Å². The van der Waals surface area contributed by atoms with E-state index >= 15 is 0 Å². The predicted octanol–water partition coefficient (Wildman–Crippen LogP) is 1.57. The van der Waals surface area contributed by atoms with E-state index in [1.165, 1.54) is 25.7 Å². The lowest BCUT2D eigenvalue weighted by Gasteiger charge is -2.18. The summed E-state index contributed by atoms with van der Waals surface area (Å²) in [5, 5.41) is 3.89. The lowest BCUT2D eigenvalue weighted by atomic mass is 10.1. The normalized spacial score (nSPS) is 16.4. The van der Waals surface area contributed by atoms with E-state index in [1.54, 1.807) is 0 Å². The molecule has 1 aliphatic rings. The Kier molecular flexibility index (Phi) is 5.88. The van der Waals surface area contributed by atoms with Crippen LogP contribution in [0.1, 0.15) is 37.4 Å². The zero-order valence-corrected chi connectivity index (χ0v) is 11.1. The van der Waals surface area contributed by atoms with E-state index in [2.05, 4.69) is 22.1 Å². The molecule has 17 heavy (non-hydrogen) atoms. The van der Waals surface area contributed by atoms with Crippen molar-refractivity contribution in [2.24, 2.45) is 11.7 Å². The summed E-state index contributed by atoms with van der Waals surface area (Å²) >= 11 is 0. The summed E-state index contributed by atoms with van der Waals surface area (Å²) in [6.45, 7) is 2.20. The van der Waals surface area contributed by atoms with Crippen LogP contribution in [-0.2, 0) is 13.1 Å². The second-order valence-electron chi connectivity index (χ2n) is 4.66. The first kappa shape index (κ1) is 14.4. The van der Waals surface area contributed by atoms with Crippen LogP contribution >= 0.6 is 12.4 Å². The minimum Gasteiger partial charge on any atom is -0.338 e. The van der Waals surface area contributed by atoms with Gasteiger partial charge in [0.15, 0.2) is 5.82 Å². The average molecular weight is 261 g/mol. The van der Waals surface area contributed by atoms with E-state index in [1.807, 2.05) is 0 Å². The Morgan fingerprint density at radius 1 is 1.41 bits per heavy atom. The number of rotatable bonds is 5. The topological polar surface area (TPSA) is 68.2 Å². The van der Waals surface area contributed by atoms with Gasteiger partial charge in [0.05, 0.1) is 13.1 Å². The molecule has 1 fully saturated rings. The van der Waals surface area contributed by atoms with Gasteiger partial charge in [-0.25, -0.2) is 0 Å². The molecule has 0 aromatic carbocycles. The Morgan fingerprint density at radius 2 is 2.12 bits per heavy atom. The molecule has 0 saturated heterocycles. The third-order valence-corrected chi connectivity index (χ3v) is 3.14. The van der Waals surface area contributed by atoms with Gasteiger partial charge >= 0.3 is 0 Å². The molecule has 0 spiro atoms. The zero-order valence-electron chi connectivity index (χ0n) is 10.3. The van der Waals surface area contributed by atoms with Crippen LogP contribution < -0.4 is 5.73 Å². The molecule has 0 atom stereocenters. The van der Waals surface area contributed by atoms with Crippen LogP contribution in [0.25, 0.3) is 0 Å². The van der Waals surface area contributed by atoms with Crippen molar-refractivity contribution >= 4 is 12.4 Å². The minimum atomic E-state index is 0. The highest BCUT2D eigenvalue weighted by Gasteiger charge is 2.17. The summed E-state index contributed by atoms with van der Waals surface area (Å²) in [6.07, 6.45) is 5.51. The SMILES string of the molecule is CN(Cc1noc(CN)n1)CC1CCCC1.Cl. The van der Waals surface area contributed by atoms with Crippen LogP contribution in [0.3, 0.4) is 0 Å². The molecule has 0 radical (unpaired) electrons. The van der Waals surface area contributed by atoms with Crippen LogP contribution in [-0.4, -0.2) is 28.6 Å². The summed E-state index contributed by atoms with van der Waals surface area (Å²) in [5.74, 6) is 2.11. The van der Waals surface area contributed by atoms with E-state index in [0.717, 1.165) is 24.8 Å². The van der Waals surface area contributed by atoms with Gasteiger partial charge < -0.3 is 10.3 Å². The second-order valence-corrected chi connectivity index (χ2v) is 4.66. The van der Waals surface area contributed by atoms with Crippen molar-refractivity contribution in [1.82, 2.24) is 15.0 Å². The van der Waals surface area contributed by atoms with Crippen LogP contribution in [0, 0.1) is 5.92 Å². The summed E-state index contributed by atoms with van der Waals surface area (Å²) in [7, 11) is 2.11. The Labute approximate surface area is 108 Å². The maximum absolute atomic E-state index is 5.42. The average Bonchev–Trinajstić information content (AvgIpc) is 2.89. The molecular weight excluding hydrogens is 240 g/mol. The fourth-order valence-electron chi connectivity index (χ4n) is 2.38. The highest BCUT2D eigenvalue weighted by atomic mass is 35.5. The van der Waals surface area contributed by atoms with E-state index in [-0.39, 0.29) is 12.4 Å². The smallest absolute Gasteiger partial charge is 0.240 e. The van der Waals surface area contributed by atoms with Gasteiger partial charge in [0.2, 0.25) is 5.89 Å². The number of nitrogens with zero attached hydrogens (tertiary/aromatic N) is 3. The number of hydrogen-bond donors (Lipinski definition) is 1. The maximum Gasteiger partial charge on any atom is 0.240 e. The summed E-state index contributed by atoms with van der Waals surface area (Å²) in [4.78, 5) is 6.46. The lowest BCUT2D eigenvalue weighted by Crippen LogP contribution is -2.24. The van der Waals surface area contributed by atoms with Crippen LogP contribution in [0.15, 0.2) is 4.52 Å². The van der Waals surface area contributed by atoms with E-state index in [0.29, 0.717) is 12.4 Å². The largest absolute Gasteiger partial charge is 0.338 e. The summed E-state index contributed by atoms with van der Waals surface area (Å²) < 4.78 is 4.97. The van der Waals surface area contributed by atoms with Gasteiger partial charge in [0, 0.05) is 6.54 Å². The monoisotopic (exact) mass is 260 g/mol. The van der Waals surface area contributed by atoms with Crippen LogP contribution in [0.4, 0.5) is 0 Å². The molecule has 1 aromatic rings. The predicted molar refractivity (Wildman–Crippen MR) is 67.7 cm³/mol. The fourth-order valence-corrected chi connectivity index (χ4v) is 2.38. The number of hydrogen-bond acceptors (Lipinski definition) is 5. The van der Waals surface area contributed by atoms with Gasteiger partial charge in [0.1, 0.15) is 0 Å². The van der Waals surface area contributed by atoms with Gasteiger partial charge in [-0.1, -0.05) is 18.0 Å². The Bertz CT molecular complexity index is 325. The minimum absolute atomic E-state index is 0. The zero-order chi connectivity index (χ0) is 11.4. The van der Waals surface area contributed by atoms with Gasteiger partial charge in [-0.3, -0.25) is 4.90 Å². The van der Waals surface area contributed by atoms with Gasteiger partial charge in [-0.05, 0) is 25.8 Å². The van der Waals surface area contributed by atoms with Gasteiger partial charge in [-0.2, -0.15) is 4.98 Å². The molecule has 1 aromatic heterocycles. The Hall–Kier alpha value is -0.650. The quantitative estimate of drug-likeness (QED) is 0.870. The molecule has 0 unspecified atom stereocenters. The van der Waals surface area contributed by atoms with Crippen molar-refractivity contribution in [2.45, 2.75) is 38.8 Å². The molecule has 2 rings (SSSR count). The molecule has 1 saturated carbocycles. The van der Waals surface area contributed by atoms with Crippen LogP contribution in [0.5, 0.6) is 0 Å². The maximum atomic E-state index is 5.42. The number of halogens is 1. The molecular formula is C11H21ClN4O. The summed E-state index contributed by atoms with van der Waals surface area (Å²) in [6, 6.07) is 0. The molecule has 6 heteroatoms. The van der Waals surface area contributed by atoms with Crippen molar-refractivity contribution in [3.63, 3.8) is 0 Å². The molecule has 5 nitrogen and oxygen atoms in total. The van der Waals surface area contributed by atoms with E-state index < -0.39 is 0 Å². The van der Waals surface area contributed by atoms with Gasteiger partial charge in [-0.15, -0.1) is 12.4 Å². The highest BCUT2D eigenvalue weighted by molar-refractivity contribution is 5.85. The molecule has 0 amide bonds. The number of aromatic nitrogens is 2. The van der Waals surface area contributed by atoms with Crippen molar-refractivity contribution in [2.75, 3.05) is 13.6 Å². The molecule has 1 aliphatic carbocycles. The Morgan fingerprint density at radius 3 is 2.71 bits per heavy atom. The van der Waals surface area contributed by atoms with Crippen molar-refractivity contribution in [3.8, 4) is 0 Å². The molecule has 98 valence electrons. The fraction of sp³-hybridized carbons (Fsp3) is 0.818. The first-order chi connectivity index (χ1) is 7.78. The van der Waals surface area contributed by atoms with E-state index in [4.69, 9.17) is 10.3 Å². The Balaban J connectivity index is 0.00000144. The lowest BCUT2D eigenvalue weighted by molar-refractivity contribution is 0.260. The third-order valence-electron chi connectivity index (χ3n) is 3.14.